The summed E-state index contributed by atoms with van der Waals surface area (Å²) in [5.74, 6) is 0.927. The summed E-state index contributed by atoms with van der Waals surface area (Å²) in [7, 11) is 3.14. The molecule has 1 heterocycles. The lowest BCUT2D eigenvalue weighted by molar-refractivity contribution is 0.102. The maximum Gasteiger partial charge on any atom is 0.274 e. The Bertz CT molecular complexity index is 771. The number of aromatic nitrogens is 1. The van der Waals surface area contributed by atoms with Crippen LogP contribution >= 0.6 is 0 Å². The van der Waals surface area contributed by atoms with Gasteiger partial charge in [-0.1, -0.05) is 25.7 Å². The van der Waals surface area contributed by atoms with E-state index < -0.39 is 0 Å². The summed E-state index contributed by atoms with van der Waals surface area (Å²) in [6.45, 7) is 0. The third kappa shape index (κ3) is 5.12. The number of methoxy groups -OCH3 is 2. The molecule has 3 rings (SSSR count). The molecular formula is C21H27N3O3. The van der Waals surface area contributed by atoms with E-state index in [1.807, 2.05) is 6.07 Å². The van der Waals surface area contributed by atoms with Crippen molar-refractivity contribution in [2.45, 2.75) is 44.6 Å². The molecule has 1 aromatic heterocycles. The zero-order chi connectivity index (χ0) is 19.1. The summed E-state index contributed by atoms with van der Waals surface area (Å²) in [6.07, 6.45) is 9.15. The number of carbonyl (C=O) groups is 1. The van der Waals surface area contributed by atoms with E-state index in [9.17, 15) is 4.79 Å². The molecule has 2 N–H and O–H groups in total. The Balaban J connectivity index is 1.70. The topological polar surface area (TPSA) is 72.5 Å². The molecule has 0 radical (unpaired) electrons. The Morgan fingerprint density at radius 3 is 2.52 bits per heavy atom. The number of nitrogens with zero attached hydrogens (tertiary/aromatic N) is 1. The van der Waals surface area contributed by atoms with E-state index >= 15 is 0 Å². The average Bonchev–Trinajstić information content (AvgIpc) is 2.97. The first-order valence-electron chi connectivity index (χ1n) is 9.45. The van der Waals surface area contributed by atoms with Crippen LogP contribution in [-0.2, 0) is 0 Å². The lowest BCUT2D eigenvalue weighted by Gasteiger charge is -2.18. The van der Waals surface area contributed by atoms with E-state index in [2.05, 4.69) is 15.6 Å². The highest BCUT2D eigenvalue weighted by atomic mass is 16.5. The molecule has 6 nitrogen and oxygen atoms in total. The summed E-state index contributed by atoms with van der Waals surface area (Å²) < 4.78 is 10.5. The minimum atomic E-state index is -0.275. The van der Waals surface area contributed by atoms with Crippen LogP contribution in [0.25, 0.3) is 0 Å². The molecular weight excluding hydrogens is 342 g/mol. The maximum atomic E-state index is 12.6. The lowest BCUT2D eigenvalue weighted by atomic mass is 10.1. The number of pyridine rings is 1. The molecule has 144 valence electrons. The van der Waals surface area contributed by atoms with Gasteiger partial charge in [-0.15, -0.1) is 0 Å². The minimum Gasteiger partial charge on any atom is -0.497 e. The number of amides is 1. The summed E-state index contributed by atoms with van der Waals surface area (Å²) in [5, 5.41) is 6.42. The molecule has 0 spiro atoms. The molecule has 0 unspecified atom stereocenters. The number of rotatable bonds is 6. The third-order valence-electron chi connectivity index (χ3n) is 4.88. The molecule has 1 fully saturated rings. The van der Waals surface area contributed by atoms with Crippen LogP contribution in [0, 0.1) is 0 Å². The number of nitrogens with one attached hydrogen (secondary N) is 2. The van der Waals surface area contributed by atoms with Crippen molar-refractivity contribution in [3.63, 3.8) is 0 Å². The SMILES string of the molecule is COc1ccc(NC(=O)c2cc(NC3CCCCCC3)ccn2)c(OC)c1. The predicted molar refractivity (Wildman–Crippen MR) is 107 cm³/mol. The van der Waals surface area contributed by atoms with E-state index in [0.29, 0.717) is 28.9 Å². The fourth-order valence-corrected chi connectivity index (χ4v) is 3.39. The van der Waals surface area contributed by atoms with E-state index in [1.165, 1.54) is 38.5 Å². The zero-order valence-electron chi connectivity index (χ0n) is 16.0. The molecule has 1 amide bonds. The van der Waals surface area contributed by atoms with Crippen molar-refractivity contribution >= 4 is 17.3 Å². The quantitative estimate of drug-likeness (QED) is 0.734. The monoisotopic (exact) mass is 369 g/mol. The largest absolute Gasteiger partial charge is 0.497 e. The summed E-state index contributed by atoms with van der Waals surface area (Å²) in [6, 6.07) is 9.44. The van der Waals surface area contributed by atoms with Gasteiger partial charge in [0.1, 0.15) is 17.2 Å². The van der Waals surface area contributed by atoms with Gasteiger partial charge in [-0.2, -0.15) is 0 Å². The fraction of sp³-hybridized carbons (Fsp3) is 0.429. The number of hydrogen-bond acceptors (Lipinski definition) is 5. The predicted octanol–water partition coefficient (Wildman–Crippen LogP) is 4.49. The Hall–Kier alpha value is -2.76. The summed E-state index contributed by atoms with van der Waals surface area (Å²) >= 11 is 0. The number of carbonyl (C=O) groups excluding carboxylic acids is 1. The Kier molecular flexibility index (Phi) is 6.52. The molecule has 6 heteroatoms. The molecule has 1 aliphatic rings. The van der Waals surface area contributed by atoms with Gasteiger partial charge in [-0.05, 0) is 37.1 Å². The number of benzene rings is 1. The highest BCUT2D eigenvalue weighted by Crippen LogP contribution is 2.29. The van der Waals surface area contributed by atoms with Crippen LogP contribution in [0.2, 0.25) is 0 Å². The van der Waals surface area contributed by atoms with Crippen molar-refractivity contribution in [3.05, 3.63) is 42.2 Å². The standard InChI is InChI=1S/C21H27N3O3/c1-26-17-9-10-18(20(14-17)27-2)24-21(25)19-13-16(11-12-22-19)23-15-7-5-3-4-6-8-15/h9-15H,3-8H2,1-2H3,(H,22,23)(H,24,25). The summed E-state index contributed by atoms with van der Waals surface area (Å²) in [5.41, 5.74) is 1.88. The van der Waals surface area contributed by atoms with Gasteiger partial charge < -0.3 is 20.1 Å². The first kappa shape index (κ1) is 19.0. The third-order valence-corrected chi connectivity index (χ3v) is 4.88. The van der Waals surface area contributed by atoms with E-state index in [4.69, 9.17) is 9.47 Å². The van der Waals surface area contributed by atoms with Gasteiger partial charge in [0.15, 0.2) is 0 Å². The van der Waals surface area contributed by atoms with Crippen LogP contribution in [0.15, 0.2) is 36.5 Å². The van der Waals surface area contributed by atoms with E-state index in [1.54, 1.807) is 44.7 Å². The van der Waals surface area contributed by atoms with Crippen LogP contribution in [0.4, 0.5) is 11.4 Å². The molecule has 0 bridgehead atoms. The van der Waals surface area contributed by atoms with Gasteiger partial charge in [0.05, 0.1) is 19.9 Å². The van der Waals surface area contributed by atoms with Crippen molar-refractivity contribution in [2.75, 3.05) is 24.9 Å². The molecule has 0 saturated heterocycles. The van der Waals surface area contributed by atoms with Crippen molar-refractivity contribution in [1.29, 1.82) is 0 Å². The Labute approximate surface area is 160 Å². The molecule has 1 saturated carbocycles. The second-order valence-electron chi connectivity index (χ2n) is 6.78. The highest BCUT2D eigenvalue weighted by molar-refractivity contribution is 6.04. The van der Waals surface area contributed by atoms with Crippen LogP contribution < -0.4 is 20.1 Å². The molecule has 1 aromatic carbocycles. The first-order valence-corrected chi connectivity index (χ1v) is 9.45. The van der Waals surface area contributed by atoms with Crippen molar-refractivity contribution in [1.82, 2.24) is 4.98 Å². The van der Waals surface area contributed by atoms with Crippen LogP contribution in [0.5, 0.6) is 11.5 Å². The van der Waals surface area contributed by atoms with Gasteiger partial charge in [0.2, 0.25) is 0 Å². The average molecular weight is 369 g/mol. The molecule has 2 aromatic rings. The number of ether oxygens (including phenoxy) is 2. The fourth-order valence-electron chi connectivity index (χ4n) is 3.39. The van der Waals surface area contributed by atoms with Gasteiger partial charge >= 0.3 is 0 Å². The Morgan fingerprint density at radius 2 is 1.81 bits per heavy atom. The van der Waals surface area contributed by atoms with Crippen LogP contribution in [0.3, 0.4) is 0 Å². The Morgan fingerprint density at radius 1 is 1.04 bits per heavy atom. The van der Waals surface area contributed by atoms with Crippen molar-refractivity contribution in [3.8, 4) is 11.5 Å². The minimum absolute atomic E-state index is 0.275. The first-order chi connectivity index (χ1) is 13.2. The van der Waals surface area contributed by atoms with Crippen molar-refractivity contribution in [2.24, 2.45) is 0 Å². The molecule has 0 aliphatic heterocycles. The lowest BCUT2D eigenvalue weighted by Crippen LogP contribution is -2.19. The maximum absolute atomic E-state index is 12.6. The number of hydrogen-bond donors (Lipinski definition) is 2. The second kappa shape index (κ2) is 9.26. The summed E-state index contributed by atoms with van der Waals surface area (Å²) in [4.78, 5) is 16.9. The molecule has 1 aliphatic carbocycles. The highest BCUT2D eigenvalue weighted by Gasteiger charge is 2.15. The van der Waals surface area contributed by atoms with E-state index in [-0.39, 0.29) is 5.91 Å². The van der Waals surface area contributed by atoms with Crippen LogP contribution in [-0.4, -0.2) is 31.2 Å². The van der Waals surface area contributed by atoms with Gasteiger partial charge in [0, 0.05) is 24.0 Å². The van der Waals surface area contributed by atoms with Crippen molar-refractivity contribution < 1.29 is 14.3 Å². The molecule has 0 atom stereocenters. The smallest absolute Gasteiger partial charge is 0.274 e. The van der Waals surface area contributed by atoms with Gasteiger partial charge in [-0.3, -0.25) is 9.78 Å². The van der Waals surface area contributed by atoms with E-state index in [0.717, 1.165) is 5.69 Å². The van der Waals surface area contributed by atoms with Gasteiger partial charge in [-0.25, -0.2) is 0 Å². The van der Waals surface area contributed by atoms with Gasteiger partial charge in [0.25, 0.3) is 5.91 Å². The number of anilines is 2. The zero-order valence-corrected chi connectivity index (χ0v) is 16.0. The molecule has 27 heavy (non-hydrogen) atoms. The van der Waals surface area contributed by atoms with Crippen LogP contribution in [0.1, 0.15) is 49.0 Å². The second-order valence-corrected chi connectivity index (χ2v) is 6.78. The normalized spacial score (nSPS) is 14.9.